The standard InChI is InChI=1S/C9H18O/c1-4-8-5-9(7(2)3)10-6-8/h7-9H,4-6H2,1-3H3. The van der Waals surface area contributed by atoms with Gasteiger partial charge in [0.15, 0.2) is 0 Å². The summed E-state index contributed by atoms with van der Waals surface area (Å²) < 4.78 is 5.62. The smallest absolute Gasteiger partial charge is 0.0601 e. The molecule has 1 nitrogen and oxygen atoms in total. The van der Waals surface area contributed by atoms with Crippen LogP contribution < -0.4 is 0 Å². The Hall–Kier alpha value is -0.0400. The van der Waals surface area contributed by atoms with Gasteiger partial charge in [0.25, 0.3) is 0 Å². The summed E-state index contributed by atoms with van der Waals surface area (Å²) in [7, 11) is 0. The summed E-state index contributed by atoms with van der Waals surface area (Å²) in [6.07, 6.45) is 3.11. The maximum atomic E-state index is 5.62. The first-order valence-electron chi connectivity index (χ1n) is 4.35. The first kappa shape index (κ1) is 8.06. The second-order valence-electron chi connectivity index (χ2n) is 3.63. The van der Waals surface area contributed by atoms with Gasteiger partial charge in [-0.1, -0.05) is 27.2 Å². The Morgan fingerprint density at radius 3 is 2.50 bits per heavy atom. The molecule has 1 saturated heterocycles. The van der Waals surface area contributed by atoms with E-state index in [-0.39, 0.29) is 0 Å². The second-order valence-corrected chi connectivity index (χ2v) is 3.63. The van der Waals surface area contributed by atoms with Crippen molar-refractivity contribution < 1.29 is 4.74 Å². The van der Waals surface area contributed by atoms with Crippen molar-refractivity contribution in [2.24, 2.45) is 11.8 Å². The van der Waals surface area contributed by atoms with Crippen LogP contribution in [0.3, 0.4) is 0 Å². The minimum atomic E-state index is 0.546. The highest BCUT2D eigenvalue weighted by Gasteiger charge is 2.25. The lowest BCUT2D eigenvalue weighted by Gasteiger charge is -2.12. The van der Waals surface area contributed by atoms with Crippen LogP contribution in [0.1, 0.15) is 33.6 Å². The van der Waals surface area contributed by atoms with Gasteiger partial charge in [-0.25, -0.2) is 0 Å². The summed E-state index contributed by atoms with van der Waals surface area (Å²) in [4.78, 5) is 0. The van der Waals surface area contributed by atoms with Gasteiger partial charge in [-0.3, -0.25) is 0 Å². The van der Waals surface area contributed by atoms with Gasteiger partial charge in [-0.15, -0.1) is 0 Å². The van der Waals surface area contributed by atoms with Gasteiger partial charge in [0.05, 0.1) is 6.10 Å². The van der Waals surface area contributed by atoms with Crippen LogP contribution in [0, 0.1) is 11.8 Å². The largest absolute Gasteiger partial charge is 0.378 e. The Kier molecular flexibility index (Phi) is 2.72. The molecule has 0 bridgehead atoms. The molecule has 2 unspecified atom stereocenters. The third-order valence-corrected chi connectivity index (χ3v) is 2.43. The molecule has 0 N–H and O–H groups in total. The molecule has 0 spiro atoms. The predicted molar refractivity (Wildman–Crippen MR) is 43.0 cm³/mol. The van der Waals surface area contributed by atoms with Gasteiger partial charge in [-0.2, -0.15) is 0 Å². The van der Waals surface area contributed by atoms with E-state index in [4.69, 9.17) is 4.74 Å². The highest BCUT2D eigenvalue weighted by Crippen LogP contribution is 2.26. The molecule has 0 amide bonds. The highest BCUT2D eigenvalue weighted by atomic mass is 16.5. The normalized spacial score (nSPS) is 33.6. The number of ether oxygens (including phenoxy) is 1. The zero-order valence-corrected chi connectivity index (χ0v) is 7.26. The van der Waals surface area contributed by atoms with Crippen LogP contribution >= 0.6 is 0 Å². The molecule has 0 aliphatic carbocycles. The monoisotopic (exact) mass is 142 g/mol. The van der Waals surface area contributed by atoms with Gasteiger partial charge in [-0.05, 0) is 18.3 Å². The Bertz CT molecular complexity index is 98.9. The molecule has 60 valence electrons. The molecule has 0 aromatic carbocycles. The zero-order chi connectivity index (χ0) is 7.56. The quantitative estimate of drug-likeness (QED) is 0.575. The summed E-state index contributed by atoms with van der Waals surface area (Å²) in [5.74, 6) is 1.55. The van der Waals surface area contributed by atoms with Gasteiger partial charge >= 0.3 is 0 Å². The Balaban J connectivity index is 2.28. The van der Waals surface area contributed by atoms with Crippen LogP contribution in [-0.4, -0.2) is 12.7 Å². The van der Waals surface area contributed by atoms with Gasteiger partial charge in [0.1, 0.15) is 0 Å². The maximum Gasteiger partial charge on any atom is 0.0601 e. The van der Waals surface area contributed by atoms with Crippen molar-refractivity contribution in [1.29, 1.82) is 0 Å². The molecule has 1 heteroatoms. The zero-order valence-electron chi connectivity index (χ0n) is 7.26. The van der Waals surface area contributed by atoms with Crippen molar-refractivity contribution in [3.8, 4) is 0 Å². The van der Waals surface area contributed by atoms with E-state index in [1.807, 2.05) is 0 Å². The van der Waals surface area contributed by atoms with E-state index in [2.05, 4.69) is 20.8 Å². The molecule has 0 aromatic heterocycles. The maximum absolute atomic E-state index is 5.62. The lowest BCUT2D eigenvalue weighted by atomic mass is 9.97. The topological polar surface area (TPSA) is 9.23 Å². The van der Waals surface area contributed by atoms with Gasteiger partial charge < -0.3 is 4.74 Å². The molecule has 1 fully saturated rings. The van der Waals surface area contributed by atoms with Crippen LogP contribution in [0.5, 0.6) is 0 Å². The van der Waals surface area contributed by atoms with E-state index >= 15 is 0 Å². The fourth-order valence-corrected chi connectivity index (χ4v) is 1.47. The molecular weight excluding hydrogens is 124 g/mol. The third-order valence-electron chi connectivity index (χ3n) is 2.43. The van der Waals surface area contributed by atoms with Crippen molar-refractivity contribution in [1.82, 2.24) is 0 Å². The van der Waals surface area contributed by atoms with Crippen molar-refractivity contribution in [3.05, 3.63) is 0 Å². The summed E-state index contributed by atoms with van der Waals surface area (Å²) in [6.45, 7) is 7.72. The fraction of sp³-hybridized carbons (Fsp3) is 1.00. The number of hydrogen-bond acceptors (Lipinski definition) is 1. The van der Waals surface area contributed by atoms with E-state index < -0.39 is 0 Å². The van der Waals surface area contributed by atoms with E-state index in [9.17, 15) is 0 Å². The lowest BCUT2D eigenvalue weighted by molar-refractivity contribution is 0.0730. The summed E-state index contributed by atoms with van der Waals surface area (Å²) >= 11 is 0. The molecule has 0 saturated carbocycles. The first-order valence-corrected chi connectivity index (χ1v) is 4.35. The lowest BCUT2D eigenvalue weighted by Crippen LogP contribution is -2.12. The minimum Gasteiger partial charge on any atom is -0.378 e. The average Bonchev–Trinajstić information content (AvgIpc) is 2.34. The van der Waals surface area contributed by atoms with Gasteiger partial charge in [0.2, 0.25) is 0 Å². The number of hydrogen-bond donors (Lipinski definition) is 0. The fourth-order valence-electron chi connectivity index (χ4n) is 1.47. The molecule has 0 radical (unpaired) electrons. The molecule has 1 aliphatic rings. The summed E-state index contributed by atoms with van der Waals surface area (Å²) in [5, 5.41) is 0. The second kappa shape index (κ2) is 3.38. The van der Waals surface area contributed by atoms with Crippen molar-refractivity contribution in [3.63, 3.8) is 0 Å². The third kappa shape index (κ3) is 1.72. The minimum absolute atomic E-state index is 0.546. The predicted octanol–water partition coefficient (Wildman–Crippen LogP) is 2.46. The van der Waals surface area contributed by atoms with Crippen LogP contribution in [0.25, 0.3) is 0 Å². The SMILES string of the molecule is CCC1COC(C(C)C)C1. The molecule has 1 aliphatic heterocycles. The average molecular weight is 142 g/mol. The van der Waals surface area contributed by atoms with E-state index in [0.29, 0.717) is 12.0 Å². The van der Waals surface area contributed by atoms with Crippen LogP contribution in [-0.2, 0) is 4.74 Å². The highest BCUT2D eigenvalue weighted by molar-refractivity contribution is 4.74. The van der Waals surface area contributed by atoms with Crippen molar-refractivity contribution in [2.45, 2.75) is 39.7 Å². The Morgan fingerprint density at radius 1 is 1.50 bits per heavy atom. The van der Waals surface area contributed by atoms with Crippen molar-refractivity contribution in [2.75, 3.05) is 6.61 Å². The van der Waals surface area contributed by atoms with Crippen molar-refractivity contribution >= 4 is 0 Å². The molecule has 1 rings (SSSR count). The summed E-state index contributed by atoms with van der Waals surface area (Å²) in [5.41, 5.74) is 0. The molecule has 2 atom stereocenters. The Labute approximate surface area is 63.8 Å². The van der Waals surface area contributed by atoms with E-state index in [1.54, 1.807) is 0 Å². The van der Waals surface area contributed by atoms with Crippen LogP contribution in [0.15, 0.2) is 0 Å². The molecular formula is C9H18O. The number of rotatable bonds is 2. The van der Waals surface area contributed by atoms with E-state index in [1.165, 1.54) is 12.8 Å². The first-order chi connectivity index (χ1) is 4.74. The van der Waals surface area contributed by atoms with Gasteiger partial charge in [0, 0.05) is 6.61 Å². The molecule has 1 heterocycles. The molecule has 0 aromatic rings. The molecule has 10 heavy (non-hydrogen) atoms. The van der Waals surface area contributed by atoms with Crippen LogP contribution in [0.4, 0.5) is 0 Å². The van der Waals surface area contributed by atoms with E-state index in [0.717, 1.165) is 12.5 Å². The van der Waals surface area contributed by atoms with Crippen LogP contribution in [0.2, 0.25) is 0 Å². The summed E-state index contributed by atoms with van der Waals surface area (Å²) in [6, 6.07) is 0. The Morgan fingerprint density at radius 2 is 2.20 bits per heavy atom.